The Morgan fingerprint density at radius 1 is 1.12 bits per heavy atom. The number of rotatable bonds is 3. The predicted molar refractivity (Wildman–Crippen MR) is 105 cm³/mol. The lowest BCUT2D eigenvalue weighted by Gasteiger charge is -2.20. The molecule has 1 N–H and O–H groups in total. The van der Waals surface area contributed by atoms with Gasteiger partial charge in [-0.1, -0.05) is 23.7 Å². The summed E-state index contributed by atoms with van der Waals surface area (Å²) in [6.07, 6.45) is 4.42. The molecular weight excluding hydrogens is 346 g/mol. The van der Waals surface area contributed by atoms with Gasteiger partial charge in [-0.15, -0.1) is 0 Å². The molecule has 0 bridgehead atoms. The van der Waals surface area contributed by atoms with Crippen molar-refractivity contribution >= 4 is 23.0 Å². The van der Waals surface area contributed by atoms with E-state index in [-0.39, 0.29) is 0 Å². The van der Waals surface area contributed by atoms with Crippen LogP contribution in [0.4, 0.5) is 5.69 Å². The number of benzene rings is 2. The van der Waals surface area contributed by atoms with Crippen LogP contribution in [0.25, 0.3) is 16.8 Å². The van der Waals surface area contributed by atoms with Gasteiger partial charge in [0, 0.05) is 28.0 Å². The average molecular weight is 364 g/mol. The molecule has 0 saturated heterocycles. The molecule has 0 radical (unpaired) electrons. The Morgan fingerprint density at radius 2 is 1.92 bits per heavy atom. The summed E-state index contributed by atoms with van der Waals surface area (Å²) in [5.41, 5.74) is 8.18. The normalized spacial score (nSPS) is 14.5. The van der Waals surface area contributed by atoms with Crippen molar-refractivity contribution in [2.75, 3.05) is 12.4 Å². The highest BCUT2D eigenvalue weighted by atomic mass is 35.5. The fourth-order valence-corrected chi connectivity index (χ4v) is 3.58. The molecule has 2 aromatic carbocycles. The van der Waals surface area contributed by atoms with Crippen molar-refractivity contribution in [2.45, 2.75) is 19.4 Å². The second-order valence-corrected chi connectivity index (χ2v) is 7.17. The van der Waals surface area contributed by atoms with Gasteiger partial charge in [0.2, 0.25) is 0 Å². The van der Waals surface area contributed by atoms with Crippen molar-refractivity contribution in [2.24, 2.45) is 0 Å². The Kier molecular flexibility index (Phi) is 3.54. The first-order chi connectivity index (χ1) is 12.7. The minimum atomic E-state index is 0.718. The first kappa shape index (κ1) is 15.5. The highest BCUT2D eigenvalue weighted by Crippen LogP contribution is 2.46. The van der Waals surface area contributed by atoms with Crippen molar-refractivity contribution in [3.63, 3.8) is 0 Å². The highest BCUT2D eigenvalue weighted by molar-refractivity contribution is 6.31. The number of anilines is 1. The van der Waals surface area contributed by atoms with Crippen LogP contribution in [0.1, 0.15) is 24.1 Å². The molecule has 130 valence electrons. The molecule has 26 heavy (non-hydrogen) atoms. The second kappa shape index (κ2) is 5.92. The largest absolute Gasteiger partial charge is 0.497 e. The van der Waals surface area contributed by atoms with Crippen LogP contribution in [0.15, 0.2) is 54.2 Å². The molecule has 1 saturated carbocycles. The van der Waals surface area contributed by atoms with Crippen molar-refractivity contribution in [3.05, 3.63) is 70.5 Å². The standard InChI is InChI=1S/C21H18ClN3O/c1-26-16-7-2-13(3-8-16)11-25-12-18-17-10-15(22)6-9-19(17)23-20(14-4-5-14)21(18)24-25/h2-3,6-10,12,23H,4-5,11H2,1H3. The highest BCUT2D eigenvalue weighted by Gasteiger charge is 2.29. The summed E-state index contributed by atoms with van der Waals surface area (Å²) in [5, 5.41) is 9.18. The fraction of sp³-hybridized carbons (Fsp3) is 0.190. The summed E-state index contributed by atoms with van der Waals surface area (Å²) >= 11 is 6.24. The quantitative estimate of drug-likeness (QED) is 0.696. The van der Waals surface area contributed by atoms with E-state index in [9.17, 15) is 0 Å². The lowest BCUT2D eigenvalue weighted by Crippen LogP contribution is -2.08. The molecule has 5 heteroatoms. The lowest BCUT2D eigenvalue weighted by molar-refractivity contribution is 0.414. The topological polar surface area (TPSA) is 39.1 Å². The molecule has 0 amide bonds. The minimum absolute atomic E-state index is 0.718. The van der Waals surface area contributed by atoms with Gasteiger partial charge in [-0.05, 0) is 54.3 Å². The lowest BCUT2D eigenvalue weighted by atomic mass is 9.98. The molecule has 0 unspecified atom stereocenters. The molecule has 1 aliphatic heterocycles. The average Bonchev–Trinajstić information content (AvgIpc) is 3.41. The molecule has 2 aliphatic rings. The van der Waals surface area contributed by atoms with E-state index in [4.69, 9.17) is 21.4 Å². The summed E-state index contributed by atoms with van der Waals surface area (Å²) in [6, 6.07) is 14.1. The van der Waals surface area contributed by atoms with Crippen molar-refractivity contribution in [1.82, 2.24) is 9.78 Å². The number of ether oxygens (including phenoxy) is 1. The Morgan fingerprint density at radius 3 is 2.65 bits per heavy atom. The van der Waals surface area contributed by atoms with Gasteiger partial charge in [-0.25, -0.2) is 0 Å². The van der Waals surface area contributed by atoms with Crippen LogP contribution in [0.2, 0.25) is 5.02 Å². The SMILES string of the molecule is COc1ccc(Cn2cc3c(n2)C(=C2CC2)Nc2ccc(Cl)cc2-3)cc1. The van der Waals surface area contributed by atoms with E-state index in [1.54, 1.807) is 7.11 Å². The van der Waals surface area contributed by atoms with Gasteiger partial charge in [-0.3, -0.25) is 4.68 Å². The summed E-state index contributed by atoms with van der Waals surface area (Å²) in [7, 11) is 1.68. The molecule has 3 aromatic rings. The number of halogens is 1. The monoisotopic (exact) mass is 363 g/mol. The first-order valence-corrected chi connectivity index (χ1v) is 9.09. The minimum Gasteiger partial charge on any atom is -0.497 e. The Balaban J connectivity index is 1.56. The summed E-state index contributed by atoms with van der Waals surface area (Å²) in [6.45, 7) is 0.718. The van der Waals surface area contributed by atoms with E-state index in [0.29, 0.717) is 0 Å². The predicted octanol–water partition coefficient (Wildman–Crippen LogP) is 5.19. The Labute approximate surface area is 157 Å². The third-order valence-corrected chi connectivity index (χ3v) is 5.12. The van der Waals surface area contributed by atoms with Gasteiger partial charge in [0.1, 0.15) is 11.4 Å². The Hall–Kier alpha value is -2.72. The summed E-state index contributed by atoms with van der Waals surface area (Å²) in [4.78, 5) is 0. The van der Waals surface area contributed by atoms with Gasteiger partial charge in [0.05, 0.1) is 19.4 Å². The zero-order chi connectivity index (χ0) is 17.7. The molecule has 4 nitrogen and oxygen atoms in total. The molecule has 0 atom stereocenters. The van der Waals surface area contributed by atoms with Crippen LogP contribution < -0.4 is 10.1 Å². The number of hydrogen-bond donors (Lipinski definition) is 1. The van der Waals surface area contributed by atoms with E-state index < -0.39 is 0 Å². The zero-order valence-corrected chi connectivity index (χ0v) is 15.2. The molecular formula is C21H18ClN3O. The van der Waals surface area contributed by atoms with Gasteiger partial charge < -0.3 is 10.1 Å². The van der Waals surface area contributed by atoms with E-state index >= 15 is 0 Å². The molecule has 0 spiro atoms. The van der Waals surface area contributed by atoms with Crippen LogP contribution >= 0.6 is 11.6 Å². The zero-order valence-electron chi connectivity index (χ0n) is 14.4. The van der Waals surface area contributed by atoms with E-state index in [1.807, 2.05) is 35.0 Å². The van der Waals surface area contributed by atoms with Gasteiger partial charge >= 0.3 is 0 Å². The maximum atomic E-state index is 6.24. The van der Waals surface area contributed by atoms with E-state index in [0.717, 1.165) is 52.7 Å². The van der Waals surface area contributed by atoms with Crippen molar-refractivity contribution in [1.29, 1.82) is 0 Å². The Bertz CT molecular complexity index is 1030. The first-order valence-electron chi connectivity index (χ1n) is 8.71. The van der Waals surface area contributed by atoms with E-state index in [1.165, 1.54) is 16.8 Å². The second-order valence-electron chi connectivity index (χ2n) is 6.73. The number of nitrogens with zero attached hydrogens (tertiary/aromatic N) is 2. The maximum absolute atomic E-state index is 6.24. The third kappa shape index (κ3) is 2.67. The fourth-order valence-electron chi connectivity index (χ4n) is 3.41. The molecule has 1 fully saturated rings. The van der Waals surface area contributed by atoms with Crippen LogP contribution in [-0.2, 0) is 6.54 Å². The van der Waals surface area contributed by atoms with Crippen molar-refractivity contribution < 1.29 is 4.74 Å². The van der Waals surface area contributed by atoms with Crippen LogP contribution in [0.5, 0.6) is 5.75 Å². The van der Waals surface area contributed by atoms with Gasteiger partial charge in [0.25, 0.3) is 0 Å². The van der Waals surface area contributed by atoms with Crippen LogP contribution in [-0.4, -0.2) is 16.9 Å². The van der Waals surface area contributed by atoms with Crippen molar-refractivity contribution in [3.8, 4) is 16.9 Å². The van der Waals surface area contributed by atoms with Gasteiger partial charge in [0.15, 0.2) is 0 Å². The molecule has 2 heterocycles. The number of allylic oxidation sites excluding steroid dienone is 1. The van der Waals surface area contributed by atoms with Crippen LogP contribution in [0, 0.1) is 0 Å². The molecule has 1 aliphatic carbocycles. The smallest absolute Gasteiger partial charge is 0.118 e. The third-order valence-electron chi connectivity index (χ3n) is 4.89. The summed E-state index contributed by atoms with van der Waals surface area (Å²) < 4.78 is 7.24. The number of fused-ring (bicyclic) bond motifs is 3. The number of aromatic nitrogens is 2. The maximum Gasteiger partial charge on any atom is 0.118 e. The van der Waals surface area contributed by atoms with E-state index in [2.05, 4.69) is 23.6 Å². The molecule has 5 rings (SSSR count). The van der Waals surface area contributed by atoms with Crippen LogP contribution in [0.3, 0.4) is 0 Å². The number of methoxy groups -OCH3 is 1. The summed E-state index contributed by atoms with van der Waals surface area (Å²) in [5.74, 6) is 0.863. The molecule has 1 aromatic heterocycles. The number of nitrogens with one attached hydrogen (secondary N) is 1. The van der Waals surface area contributed by atoms with Gasteiger partial charge in [-0.2, -0.15) is 5.10 Å². The number of hydrogen-bond acceptors (Lipinski definition) is 3.